The number of fused-ring (bicyclic) bond motifs is 2. The fourth-order valence-corrected chi connectivity index (χ4v) is 4.09. The highest BCUT2D eigenvalue weighted by atomic mass is 32.1. The summed E-state index contributed by atoms with van der Waals surface area (Å²) in [6, 6.07) is 10.4. The average Bonchev–Trinajstić information content (AvgIpc) is 3.18. The third-order valence-electron chi connectivity index (χ3n) is 4.44. The first-order valence-electron chi connectivity index (χ1n) is 7.69. The maximum absolute atomic E-state index is 12.5. The van der Waals surface area contributed by atoms with E-state index >= 15 is 0 Å². The highest BCUT2D eigenvalue weighted by Gasteiger charge is 2.21. The molecule has 0 aliphatic carbocycles. The quantitative estimate of drug-likeness (QED) is 0.786. The number of rotatable bonds is 3. The molecule has 112 valence electrons. The van der Waals surface area contributed by atoms with Gasteiger partial charge < -0.3 is 9.88 Å². The second-order valence-corrected chi connectivity index (χ2v) is 6.79. The Morgan fingerprint density at radius 2 is 2.18 bits per heavy atom. The van der Waals surface area contributed by atoms with E-state index in [1.165, 1.54) is 21.4 Å². The second kappa shape index (κ2) is 5.61. The highest BCUT2D eigenvalue weighted by Crippen LogP contribution is 2.25. The van der Waals surface area contributed by atoms with E-state index in [1.807, 2.05) is 34.6 Å². The number of aromatic nitrogens is 1. The Morgan fingerprint density at radius 3 is 3.14 bits per heavy atom. The lowest BCUT2D eigenvalue weighted by atomic mass is 10.1. The topological polar surface area (TPSA) is 36.1 Å². The predicted octanol–water partition coefficient (Wildman–Crippen LogP) is 3.75. The van der Waals surface area contributed by atoms with E-state index in [2.05, 4.69) is 28.6 Å². The van der Waals surface area contributed by atoms with Crippen molar-refractivity contribution in [2.45, 2.75) is 25.8 Å². The molecule has 0 radical (unpaired) electrons. The Balaban J connectivity index is 1.43. The van der Waals surface area contributed by atoms with Crippen LogP contribution < -0.4 is 0 Å². The van der Waals surface area contributed by atoms with Crippen LogP contribution in [0.25, 0.3) is 10.9 Å². The molecule has 1 aliphatic heterocycles. The number of para-hydroxylation sites is 1. The van der Waals surface area contributed by atoms with Crippen LogP contribution in [0.2, 0.25) is 0 Å². The Hall–Kier alpha value is -2.07. The number of H-pyrrole nitrogens is 1. The zero-order valence-corrected chi connectivity index (χ0v) is 13.2. The van der Waals surface area contributed by atoms with Crippen molar-refractivity contribution in [3.8, 4) is 0 Å². The van der Waals surface area contributed by atoms with E-state index in [-0.39, 0.29) is 5.91 Å². The molecule has 1 aliphatic rings. The number of aromatic amines is 1. The summed E-state index contributed by atoms with van der Waals surface area (Å²) in [5.41, 5.74) is 3.71. The van der Waals surface area contributed by atoms with Gasteiger partial charge in [-0.15, -0.1) is 11.3 Å². The molecule has 0 fully saturated rings. The number of hydrogen-bond donors (Lipinski definition) is 1. The molecule has 3 heterocycles. The second-order valence-electron chi connectivity index (χ2n) is 5.79. The molecule has 0 bridgehead atoms. The van der Waals surface area contributed by atoms with Crippen LogP contribution in [0.4, 0.5) is 0 Å². The Morgan fingerprint density at radius 1 is 1.27 bits per heavy atom. The lowest BCUT2D eigenvalue weighted by molar-refractivity contribution is -0.132. The molecule has 1 aromatic carbocycles. The first-order valence-corrected chi connectivity index (χ1v) is 8.57. The van der Waals surface area contributed by atoms with Crippen LogP contribution in [-0.4, -0.2) is 22.3 Å². The summed E-state index contributed by atoms with van der Waals surface area (Å²) in [7, 11) is 0. The normalized spacial score (nSPS) is 14.3. The fraction of sp³-hybridized carbons (Fsp3) is 0.278. The summed E-state index contributed by atoms with van der Waals surface area (Å²) >= 11 is 1.81. The highest BCUT2D eigenvalue weighted by molar-refractivity contribution is 7.10. The summed E-state index contributed by atoms with van der Waals surface area (Å²) in [5, 5.41) is 3.36. The molecule has 3 nitrogen and oxygen atoms in total. The molecule has 0 saturated carbocycles. The molecule has 22 heavy (non-hydrogen) atoms. The molecule has 1 amide bonds. The monoisotopic (exact) mass is 310 g/mol. The van der Waals surface area contributed by atoms with E-state index in [0.29, 0.717) is 6.42 Å². The number of hydrogen-bond acceptors (Lipinski definition) is 2. The number of carbonyl (C=O) groups excluding carboxylic acids is 1. The van der Waals surface area contributed by atoms with Gasteiger partial charge in [0.15, 0.2) is 0 Å². The van der Waals surface area contributed by atoms with Gasteiger partial charge in [-0.1, -0.05) is 18.2 Å². The largest absolute Gasteiger partial charge is 0.361 e. The van der Waals surface area contributed by atoms with Crippen LogP contribution in [0.1, 0.15) is 22.4 Å². The number of benzene rings is 1. The molecule has 0 spiro atoms. The molecule has 2 aromatic heterocycles. The number of nitrogens with zero attached hydrogens (tertiary/aromatic N) is 1. The number of amides is 1. The number of thiophene rings is 1. The first kappa shape index (κ1) is 13.6. The first-order chi connectivity index (χ1) is 10.8. The maximum Gasteiger partial charge on any atom is 0.223 e. The number of nitrogens with one attached hydrogen (secondary N) is 1. The van der Waals surface area contributed by atoms with Gasteiger partial charge in [0.1, 0.15) is 0 Å². The van der Waals surface area contributed by atoms with Crippen molar-refractivity contribution in [2.75, 3.05) is 6.54 Å². The fourth-order valence-electron chi connectivity index (χ4n) is 3.20. The summed E-state index contributed by atoms with van der Waals surface area (Å²) in [4.78, 5) is 19.2. The van der Waals surface area contributed by atoms with Crippen LogP contribution in [0, 0.1) is 0 Å². The summed E-state index contributed by atoms with van der Waals surface area (Å²) in [6.07, 6.45) is 4.42. The van der Waals surface area contributed by atoms with Crippen LogP contribution >= 0.6 is 11.3 Å². The third-order valence-corrected chi connectivity index (χ3v) is 5.47. The van der Waals surface area contributed by atoms with Gasteiger partial charge in [0.05, 0.1) is 0 Å². The lowest BCUT2D eigenvalue weighted by Gasteiger charge is -2.27. The van der Waals surface area contributed by atoms with Gasteiger partial charge in [-0.2, -0.15) is 0 Å². The van der Waals surface area contributed by atoms with Gasteiger partial charge in [0.25, 0.3) is 0 Å². The molecule has 3 aromatic rings. The Labute approximate surface area is 133 Å². The van der Waals surface area contributed by atoms with Gasteiger partial charge in [0, 0.05) is 41.5 Å². The van der Waals surface area contributed by atoms with Crippen molar-refractivity contribution in [1.29, 1.82) is 0 Å². The molecule has 0 unspecified atom stereocenters. The van der Waals surface area contributed by atoms with Crippen LogP contribution in [0.5, 0.6) is 0 Å². The van der Waals surface area contributed by atoms with Crippen LogP contribution in [-0.2, 0) is 24.2 Å². The van der Waals surface area contributed by atoms with E-state index < -0.39 is 0 Å². The van der Waals surface area contributed by atoms with Gasteiger partial charge in [-0.05, 0) is 41.5 Å². The minimum Gasteiger partial charge on any atom is -0.361 e. The van der Waals surface area contributed by atoms with Crippen LogP contribution in [0.3, 0.4) is 0 Å². The van der Waals surface area contributed by atoms with Crippen molar-refractivity contribution < 1.29 is 4.79 Å². The van der Waals surface area contributed by atoms with Gasteiger partial charge in [-0.3, -0.25) is 4.79 Å². The van der Waals surface area contributed by atoms with Gasteiger partial charge in [0.2, 0.25) is 5.91 Å². The standard InChI is InChI=1S/C18H18N2OS/c21-18(20-9-7-17-14(12-20)8-10-22-17)6-5-13-11-19-16-4-2-1-3-15(13)16/h1-4,8,10-11,19H,5-7,9,12H2. The average molecular weight is 310 g/mol. The van der Waals surface area contributed by atoms with E-state index in [0.717, 1.165) is 31.4 Å². The zero-order chi connectivity index (χ0) is 14.9. The number of aryl methyl sites for hydroxylation is 1. The molecule has 1 N–H and O–H groups in total. The number of carbonyl (C=O) groups is 1. The molecule has 0 atom stereocenters. The molecule has 4 heteroatoms. The van der Waals surface area contributed by atoms with Crippen molar-refractivity contribution in [1.82, 2.24) is 9.88 Å². The molecular formula is C18H18N2OS. The Bertz CT molecular complexity index is 817. The lowest BCUT2D eigenvalue weighted by Crippen LogP contribution is -2.35. The van der Waals surface area contributed by atoms with Gasteiger partial charge >= 0.3 is 0 Å². The van der Waals surface area contributed by atoms with E-state index in [4.69, 9.17) is 0 Å². The van der Waals surface area contributed by atoms with Crippen molar-refractivity contribution >= 4 is 28.1 Å². The Kier molecular flexibility index (Phi) is 3.47. The molecule has 0 saturated heterocycles. The van der Waals surface area contributed by atoms with E-state index in [1.54, 1.807) is 0 Å². The smallest absolute Gasteiger partial charge is 0.223 e. The SMILES string of the molecule is O=C(CCc1c[nH]c2ccccc12)N1CCc2sccc2C1. The molecular weight excluding hydrogens is 292 g/mol. The maximum atomic E-state index is 12.5. The van der Waals surface area contributed by atoms with Crippen molar-refractivity contribution in [2.24, 2.45) is 0 Å². The van der Waals surface area contributed by atoms with E-state index in [9.17, 15) is 4.79 Å². The van der Waals surface area contributed by atoms with Crippen molar-refractivity contribution in [3.05, 3.63) is 57.9 Å². The molecule has 4 rings (SSSR count). The summed E-state index contributed by atoms with van der Waals surface area (Å²) < 4.78 is 0. The minimum absolute atomic E-state index is 0.266. The predicted molar refractivity (Wildman–Crippen MR) is 90.1 cm³/mol. The summed E-state index contributed by atoms with van der Waals surface area (Å²) in [6.45, 7) is 1.64. The van der Waals surface area contributed by atoms with Crippen LogP contribution in [0.15, 0.2) is 41.9 Å². The minimum atomic E-state index is 0.266. The van der Waals surface area contributed by atoms with Crippen molar-refractivity contribution in [3.63, 3.8) is 0 Å². The zero-order valence-electron chi connectivity index (χ0n) is 12.3. The van der Waals surface area contributed by atoms with Gasteiger partial charge in [-0.25, -0.2) is 0 Å². The summed E-state index contributed by atoms with van der Waals surface area (Å²) in [5.74, 6) is 0.266. The third kappa shape index (κ3) is 2.44.